The van der Waals surface area contributed by atoms with Gasteiger partial charge in [0.1, 0.15) is 0 Å². The molecule has 0 atom stereocenters. The second-order valence-corrected chi connectivity index (χ2v) is 7.16. The molecular formula is C19H23N5O3. The summed E-state index contributed by atoms with van der Waals surface area (Å²) in [7, 11) is 1.68. The van der Waals surface area contributed by atoms with E-state index in [0.717, 1.165) is 31.5 Å². The molecule has 1 aliphatic heterocycles. The highest BCUT2D eigenvalue weighted by atomic mass is 16.5. The van der Waals surface area contributed by atoms with Crippen LogP contribution in [0.2, 0.25) is 0 Å². The molecule has 8 nitrogen and oxygen atoms in total. The molecule has 1 aromatic carbocycles. The first-order chi connectivity index (χ1) is 13.1. The van der Waals surface area contributed by atoms with Crippen LogP contribution in [0, 0.1) is 0 Å². The molecule has 1 aliphatic carbocycles. The van der Waals surface area contributed by atoms with Crippen molar-refractivity contribution in [2.75, 3.05) is 23.8 Å². The first-order valence-corrected chi connectivity index (χ1v) is 9.35. The molecule has 1 saturated carbocycles. The zero-order valence-corrected chi connectivity index (χ0v) is 15.4. The van der Waals surface area contributed by atoms with Gasteiger partial charge in [0, 0.05) is 37.3 Å². The maximum Gasteiger partial charge on any atom is 0.321 e. The van der Waals surface area contributed by atoms with Crippen LogP contribution in [0.4, 0.5) is 16.2 Å². The van der Waals surface area contributed by atoms with Crippen molar-refractivity contribution in [3.63, 3.8) is 0 Å². The predicted molar refractivity (Wildman–Crippen MR) is 99.4 cm³/mol. The molecule has 4 rings (SSSR count). The van der Waals surface area contributed by atoms with Gasteiger partial charge in [-0.05, 0) is 37.5 Å². The van der Waals surface area contributed by atoms with Crippen LogP contribution in [-0.4, -0.2) is 40.6 Å². The van der Waals surface area contributed by atoms with Crippen molar-refractivity contribution in [3.8, 4) is 0 Å². The van der Waals surface area contributed by atoms with Gasteiger partial charge < -0.3 is 19.6 Å². The number of urea groups is 1. The highest BCUT2D eigenvalue weighted by molar-refractivity contribution is 5.96. The van der Waals surface area contributed by atoms with Gasteiger partial charge in [0.05, 0.1) is 6.54 Å². The van der Waals surface area contributed by atoms with Gasteiger partial charge in [-0.3, -0.25) is 4.79 Å². The number of nitrogens with zero attached hydrogens (tertiary/aromatic N) is 4. The number of carbonyl (C=O) groups excluding carboxylic acids is 2. The summed E-state index contributed by atoms with van der Waals surface area (Å²) in [4.78, 5) is 32.0. The molecule has 142 valence electrons. The summed E-state index contributed by atoms with van der Waals surface area (Å²) in [6.07, 6.45) is 4.83. The van der Waals surface area contributed by atoms with Crippen molar-refractivity contribution in [2.45, 2.75) is 44.6 Å². The Morgan fingerprint density at radius 2 is 2.22 bits per heavy atom. The van der Waals surface area contributed by atoms with Crippen LogP contribution in [-0.2, 0) is 11.3 Å². The van der Waals surface area contributed by atoms with E-state index in [1.54, 1.807) is 18.0 Å². The Bertz CT molecular complexity index is 845. The summed E-state index contributed by atoms with van der Waals surface area (Å²) in [5.74, 6) is 1.68. The number of hydrogen-bond donors (Lipinski definition) is 1. The van der Waals surface area contributed by atoms with E-state index >= 15 is 0 Å². The average molecular weight is 369 g/mol. The molecule has 0 bridgehead atoms. The molecule has 27 heavy (non-hydrogen) atoms. The van der Waals surface area contributed by atoms with Crippen molar-refractivity contribution in [3.05, 3.63) is 36.0 Å². The van der Waals surface area contributed by atoms with Crippen LogP contribution in [0.25, 0.3) is 0 Å². The minimum Gasteiger partial charge on any atom is -0.339 e. The molecule has 1 N–H and O–H groups in total. The summed E-state index contributed by atoms with van der Waals surface area (Å²) in [6, 6.07) is 7.07. The van der Waals surface area contributed by atoms with E-state index in [0.29, 0.717) is 29.7 Å². The Balaban J connectivity index is 1.36. The molecule has 0 unspecified atom stereocenters. The first-order valence-electron chi connectivity index (χ1n) is 9.35. The number of benzene rings is 1. The lowest BCUT2D eigenvalue weighted by molar-refractivity contribution is -0.117. The summed E-state index contributed by atoms with van der Waals surface area (Å²) >= 11 is 0. The number of anilines is 2. The molecule has 2 aliphatic rings. The van der Waals surface area contributed by atoms with Gasteiger partial charge in [-0.2, -0.15) is 4.98 Å². The van der Waals surface area contributed by atoms with Crippen molar-refractivity contribution >= 4 is 23.3 Å². The summed E-state index contributed by atoms with van der Waals surface area (Å²) < 4.78 is 5.29. The van der Waals surface area contributed by atoms with Crippen molar-refractivity contribution in [1.82, 2.24) is 15.0 Å². The molecule has 2 heterocycles. The minimum atomic E-state index is -0.269. The Labute approximate surface area is 157 Å². The molecule has 1 saturated heterocycles. The summed E-state index contributed by atoms with van der Waals surface area (Å²) in [6.45, 7) is 0.990. The van der Waals surface area contributed by atoms with Crippen LogP contribution in [0.1, 0.15) is 49.7 Å². The molecule has 3 amide bonds. The van der Waals surface area contributed by atoms with Gasteiger partial charge in [0.25, 0.3) is 0 Å². The van der Waals surface area contributed by atoms with Gasteiger partial charge in [-0.25, -0.2) is 4.79 Å². The third-order valence-electron chi connectivity index (χ3n) is 5.15. The van der Waals surface area contributed by atoms with E-state index in [1.165, 1.54) is 11.3 Å². The lowest BCUT2D eigenvalue weighted by Gasteiger charge is -2.20. The van der Waals surface area contributed by atoms with Crippen LogP contribution in [0.5, 0.6) is 0 Å². The maximum absolute atomic E-state index is 12.5. The Kier molecular flexibility index (Phi) is 4.79. The fourth-order valence-electron chi connectivity index (χ4n) is 3.33. The van der Waals surface area contributed by atoms with E-state index in [2.05, 4.69) is 15.5 Å². The fourth-order valence-corrected chi connectivity index (χ4v) is 3.33. The van der Waals surface area contributed by atoms with E-state index < -0.39 is 0 Å². The monoisotopic (exact) mass is 369 g/mol. The lowest BCUT2D eigenvalue weighted by Crippen LogP contribution is -2.31. The van der Waals surface area contributed by atoms with E-state index in [-0.39, 0.29) is 18.5 Å². The van der Waals surface area contributed by atoms with Gasteiger partial charge in [0.2, 0.25) is 11.8 Å². The van der Waals surface area contributed by atoms with Crippen molar-refractivity contribution < 1.29 is 14.1 Å². The highest BCUT2D eigenvalue weighted by Crippen LogP contribution is 2.35. The molecule has 0 radical (unpaired) electrons. The predicted octanol–water partition coefficient (Wildman–Crippen LogP) is 3.13. The minimum absolute atomic E-state index is 0.120. The van der Waals surface area contributed by atoms with Crippen molar-refractivity contribution in [2.24, 2.45) is 0 Å². The SMILES string of the molecule is CN(Cc1noc(C2CCC2)n1)C(=O)Nc1cccc(N2CCCC2=O)c1. The zero-order valence-electron chi connectivity index (χ0n) is 15.4. The third-order valence-corrected chi connectivity index (χ3v) is 5.15. The normalized spacial score (nSPS) is 17.1. The first kappa shape index (κ1) is 17.5. The molecular weight excluding hydrogens is 346 g/mol. The highest BCUT2D eigenvalue weighted by Gasteiger charge is 2.26. The molecule has 1 aromatic heterocycles. The Morgan fingerprint density at radius 1 is 1.37 bits per heavy atom. The molecule has 2 fully saturated rings. The number of amides is 3. The van der Waals surface area contributed by atoms with Gasteiger partial charge >= 0.3 is 6.03 Å². The Morgan fingerprint density at radius 3 is 2.93 bits per heavy atom. The van der Waals surface area contributed by atoms with E-state index in [9.17, 15) is 9.59 Å². The maximum atomic E-state index is 12.5. The summed E-state index contributed by atoms with van der Waals surface area (Å²) in [5, 5.41) is 6.83. The number of aromatic nitrogens is 2. The van der Waals surface area contributed by atoms with Crippen molar-refractivity contribution in [1.29, 1.82) is 0 Å². The largest absolute Gasteiger partial charge is 0.339 e. The zero-order chi connectivity index (χ0) is 18.8. The van der Waals surface area contributed by atoms with Gasteiger partial charge in [-0.1, -0.05) is 17.6 Å². The van der Waals surface area contributed by atoms with Crippen LogP contribution < -0.4 is 10.2 Å². The smallest absolute Gasteiger partial charge is 0.321 e. The van der Waals surface area contributed by atoms with E-state index in [1.807, 2.05) is 18.2 Å². The molecule has 2 aromatic rings. The van der Waals surface area contributed by atoms with Crippen LogP contribution in [0.15, 0.2) is 28.8 Å². The molecule has 0 spiro atoms. The standard InChI is InChI=1S/C19H23N5O3/c1-23(12-16-21-18(27-22-16)13-5-2-6-13)19(26)20-14-7-3-8-15(11-14)24-10-4-9-17(24)25/h3,7-8,11,13H,2,4-6,9-10,12H2,1H3,(H,20,26). The number of rotatable bonds is 5. The fraction of sp³-hybridized carbons (Fsp3) is 0.474. The third kappa shape index (κ3) is 3.79. The average Bonchev–Trinajstić information content (AvgIpc) is 3.23. The second-order valence-electron chi connectivity index (χ2n) is 7.16. The van der Waals surface area contributed by atoms with Crippen LogP contribution >= 0.6 is 0 Å². The number of hydrogen-bond acceptors (Lipinski definition) is 5. The quantitative estimate of drug-likeness (QED) is 0.874. The topological polar surface area (TPSA) is 91.6 Å². The van der Waals surface area contributed by atoms with Crippen LogP contribution in [0.3, 0.4) is 0 Å². The number of nitrogens with one attached hydrogen (secondary N) is 1. The summed E-state index contributed by atoms with van der Waals surface area (Å²) in [5.41, 5.74) is 1.45. The Hall–Kier alpha value is -2.90. The lowest BCUT2D eigenvalue weighted by atomic mass is 9.85. The van der Waals surface area contributed by atoms with Gasteiger partial charge in [-0.15, -0.1) is 0 Å². The second kappa shape index (κ2) is 7.38. The number of carbonyl (C=O) groups is 2. The van der Waals surface area contributed by atoms with Gasteiger partial charge in [0.15, 0.2) is 5.82 Å². The van der Waals surface area contributed by atoms with E-state index in [4.69, 9.17) is 4.52 Å². The molecule has 8 heteroatoms.